The molecule has 0 aromatic heterocycles. The highest BCUT2D eigenvalue weighted by atomic mass is 19.1. The maximum Gasteiger partial charge on any atom is 0.224 e. The van der Waals surface area contributed by atoms with Crippen molar-refractivity contribution in [2.24, 2.45) is 5.92 Å². The molecule has 0 radical (unpaired) electrons. The molecule has 1 unspecified atom stereocenters. The summed E-state index contributed by atoms with van der Waals surface area (Å²) in [5, 5.41) is 5.86. The van der Waals surface area contributed by atoms with Crippen LogP contribution in [0.3, 0.4) is 0 Å². The van der Waals surface area contributed by atoms with Crippen molar-refractivity contribution in [3.8, 4) is 0 Å². The van der Waals surface area contributed by atoms with Crippen molar-refractivity contribution in [3.05, 3.63) is 35.4 Å². The third-order valence-corrected chi connectivity index (χ3v) is 3.06. The Bertz CT molecular complexity index is 411. The number of carbonyl (C=O) groups excluding carboxylic acids is 1. The summed E-state index contributed by atoms with van der Waals surface area (Å²) in [7, 11) is 0. The molecule has 1 aromatic carbocycles. The average molecular weight is 254 g/mol. The first-order valence-electron chi connectivity index (χ1n) is 6.08. The number of hydrogen-bond donors (Lipinski definition) is 2. The predicted octanol–water partition coefficient (Wildman–Crippen LogP) is 1.58. The molecule has 1 saturated heterocycles. The molecule has 1 fully saturated rings. The zero-order chi connectivity index (χ0) is 13.0. The third-order valence-electron chi connectivity index (χ3n) is 3.06. The summed E-state index contributed by atoms with van der Waals surface area (Å²) in [6.07, 6.45) is 1.84. The van der Waals surface area contributed by atoms with Crippen molar-refractivity contribution < 1.29 is 13.6 Å². The van der Waals surface area contributed by atoms with Crippen LogP contribution in [0.4, 0.5) is 8.78 Å². The molecular formula is C13H16F2N2O. The first-order valence-corrected chi connectivity index (χ1v) is 6.08. The van der Waals surface area contributed by atoms with Gasteiger partial charge < -0.3 is 10.6 Å². The fourth-order valence-electron chi connectivity index (χ4n) is 2.12. The molecule has 2 rings (SSSR count). The lowest BCUT2D eigenvalue weighted by Gasteiger charge is -2.21. The van der Waals surface area contributed by atoms with Gasteiger partial charge in [-0.1, -0.05) is 0 Å². The van der Waals surface area contributed by atoms with E-state index in [1.165, 1.54) is 12.1 Å². The highest BCUT2D eigenvalue weighted by Crippen LogP contribution is 2.11. The molecule has 1 aliphatic rings. The fraction of sp³-hybridized carbons (Fsp3) is 0.462. The van der Waals surface area contributed by atoms with Crippen LogP contribution in [0, 0.1) is 17.6 Å². The number of hydrogen-bond acceptors (Lipinski definition) is 2. The number of benzene rings is 1. The van der Waals surface area contributed by atoms with Crippen molar-refractivity contribution in [2.45, 2.75) is 19.4 Å². The van der Waals surface area contributed by atoms with Gasteiger partial charge in [-0.05, 0) is 37.1 Å². The highest BCUT2D eigenvalue weighted by Gasteiger charge is 2.20. The monoisotopic (exact) mass is 254 g/mol. The average Bonchev–Trinajstić information content (AvgIpc) is 2.36. The van der Waals surface area contributed by atoms with Crippen molar-refractivity contribution >= 4 is 5.91 Å². The van der Waals surface area contributed by atoms with Crippen LogP contribution in [0.25, 0.3) is 0 Å². The standard InChI is InChI=1S/C13H16F2N2O/c14-11-4-9(5-12(15)6-11)7-17-13(18)10-2-1-3-16-8-10/h4-6,10,16H,1-3,7-8H2,(H,17,18). The lowest BCUT2D eigenvalue weighted by Crippen LogP contribution is -2.40. The van der Waals surface area contributed by atoms with Gasteiger partial charge in [0.05, 0.1) is 5.92 Å². The molecule has 1 aliphatic heterocycles. The van der Waals surface area contributed by atoms with Crippen molar-refractivity contribution in [1.29, 1.82) is 0 Å². The van der Waals surface area contributed by atoms with Crippen LogP contribution in [-0.4, -0.2) is 19.0 Å². The Labute approximate surface area is 105 Å². The van der Waals surface area contributed by atoms with E-state index in [2.05, 4.69) is 10.6 Å². The summed E-state index contributed by atoms with van der Waals surface area (Å²) in [5.41, 5.74) is 0.435. The maximum absolute atomic E-state index is 12.9. The number of piperidine rings is 1. The van der Waals surface area contributed by atoms with Gasteiger partial charge in [0.15, 0.2) is 0 Å². The zero-order valence-electron chi connectivity index (χ0n) is 10.0. The van der Waals surface area contributed by atoms with E-state index in [9.17, 15) is 13.6 Å². The number of halogens is 2. The van der Waals surface area contributed by atoms with E-state index in [0.717, 1.165) is 25.5 Å². The molecule has 1 amide bonds. The third kappa shape index (κ3) is 3.50. The molecule has 2 N–H and O–H groups in total. The van der Waals surface area contributed by atoms with Gasteiger partial charge in [-0.15, -0.1) is 0 Å². The summed E-state index contributed by atoms with van der Waals surface area (Å²) < 4.78 is 25.9. The van der Waals surface area contributed by atoms with E-state index >= 15 is 0 Å². The van der Waals surface area contributed by atoms with Crippen LogP contribution in [-0.2, 0) is 11.3 Å². The first kappa shape index (κ1) is 13.0. The van der Waals surface area contributed by atoms with E-state index in [1.54, 1.807) is 0 Å². The second-order valence-electron chi connectivity index (χ2n) is 4.54. The molecule has 1 atom stereocenters. The van der Waals surface area contributed by atoms with E-state index in [0.29, 0.717) is 12.1 Å². The van der Waals surface area contributed by atoms with Gasteiger partial charge in [0.1, 0.15) is 11.6 Å². The topological polar surface area (TPSA) is 41.1 Å². The number of nitrogens with one attached hydrogen (secondary N) is 2. The minimum Gasteiger partial charge on any atom is -0.352 e. The largest absolute Gasteiger partial charge is 0.352 e. The second-order valence-corrected chi connectivity index (χ2v) is 4.54. The van der Waals surface area contributed by atoms with E-state index in [-0.39, 0.29) is 18.4 Å². The Morgan fingerprint density at radius 2 is 2.06 bits per heavy atom. The second kappa shape index (κ2) is 5.91. The quantitative estimate of drug-likeness (QED) is 0.860. The minimum atomic E-state index is -0.626. The lowest BCUT2D eigenvalue weighted by atomic mass is 9.99. The molecule has 1 heterocycles. The Hall–Kier alpha value is -1.49. The number of amides is 1. The van der Waals surface area contributed by atoms with Crippen molar-refractivity contribution in [2.75, 3.05) is 13.1 Å². The summed E-state index contributed by atoms with van der Waals surface area (Å²) in [6.45, 7) is 1.77. The normalized spacial score (nSPS) is 19.6. The molecule has 18 heavy (non-hydrogen) atoms. The summed E-state index contributed by atoms with van der Waals surface area (Å²) in [6, 6.07) is 3.27. The van der Waals surface area contributed by atoms with Gasteiger partial charge in [0, 0.05) is 19.2 Å². The van der Waals surface area contributed by atoms with Gasteiger partial charge >= 0.3 is 0 Å². The Balaban J connectivity index is 1.88. The molecule has 3 nitrogen and oxygen atoms in total. The van der Waals surface area contributed by atoms with Gasteiger partial charge in [-0.2, -0.15) is 0 Å². The van der Waals surface area contributed by atoms with Crippen LogP contribution >= 0.6 is 0 Å². The predicted molar refractivity (Wildman–Crippen MR) is 63.8 cm³/mol. The maximum atomic E-state index is 12.9. The smallest absolute Gasteiger partial charge is 0.224 e. The van der Waals surface area contributed by atoms with Gasteiger partial charge in [-0.3, -0.25) is 4.79 Å². The van der Waals surface area contributed by atoms with Crippen molar-refractivity contribution in [3.63, 3.8) is 0 Å². The molecule has 0 saturated carbocycles. The van der Waals surface area contributed by atoms with Gasteiger partial charge in [-0.25, -0.2) is 8.78 Å². The summed E-state index contributed by atoms with van der Waals surface area (Å²) >= 11 is 0. The SMILES string of the molecule is O=C(NCc1cc(F)cc(F)c1)C1CCCNC1. The lowest BCUT2D eigenvalue weighted by molar-refractivity contribution is -0.125. The first-order chi connectivity index (χ1) is 8.65. The number of carbonyl (C=O) groups is 1. The fourth-order valence-corrected chi connectivity index (χ4v) is 2.12. The van der Waals surface area contributed by atoms with Gasteiger partial charge in [0.2, 0.25) is 5.91 Å². The van der Waals surface area contributed by atoms with Crippen LogP contribution in [0.2, 0.25) is 0 Å². The molecule has 0 bridgehead atoms. The van der Waals surface area contributed by atoms with E-state index in [1.807, 2.05) is 0 Å². The van der Waals surface area contributed by atoms with Crippen LogP contribution in [0.15, 0.2) is 18.2 Å². The molecule has 98 valence electrons. The van der Waals surface area contributed by atoms with E-state index in [4.69, 9.17) is 0 Å². The number of rotatable bonds is 3. The Morgan fingerprint density at radius 1 is 1.33 bits per heavy atom. The summed E-state index contributed by atoms with van der Waals surface area (Å²) in [4.78, 5) is 11.8. The highest BCUT2D eigenvalue weighted by molar-refractivity contribution is 5.78. The summed E-state index contributed by atoms with van der Waals surface area (Å²) in [5.74, 6) is -1.36. The van der Waals surface area contributed by atoms with Crippen LogP contribution in [0.5, 0.6) is 0 Å². The van der Waals surface area contributed by atoms with Crippen LogP contribution in [0.1, 0.15) is 18.4 Å². The molecule has 5 heteroatoms. The van der Waals surface area contributed by atoms with Crippen molar-refractivity contribution in [1.82, 2.24) is 10.6 Å². The molecular weight excluding hydrogens is 238 g/mol. The Kier molecular flexibility index (Phi) is 4.25. The molecule has 0 aliphatic carbocycles. The Morgan fingerprint density at radius 3 is 2.67 bits per heavy atom. The van der Waals surface area contributed by atoms with Gasteiger partial charge in [0.25, 0.3) is 0 Å². The minimum absolute atomic E-state index is 0.0443. The molecule has 0 spiro atoms. The van der Waals surface area contributed by atoms with Crippen LogP contribution < -0.4 is 10.6 Å². The van der Waals surface area contributed by atoms with E-state index < -0.39 is 11.6 Å². The zero-order valence-corrected chi connectivity index (χ0v) is 10.0. The molecule has 1 aromatic rings.